The van der Waals surface area contributed by atoms with Crippen LogP contribution in [-0.4, -0.2) is 44.2 Å². The fraction of sp³-hybridized carbons (Fsp3) is 0.960. The Morgan fingerprint density at radius 3 is 2.41 bits per heavy atom. The lowest BCUT2D eigenvalue weighted by Gasteiger charge is -2.57. The van der Waals surface area contributed by atoms with Gasteiger partial charge in [-0.15, -0.1) is 0 Å². The number of rotatable bonds is 6. The van der Waals surface area contributed by atoms with Crippen molar-refractivity contribution in [2.24, 2.45) is 23.7 Å². The van der Waals surface area contributed by atoms with E-state index in [-0.39, 0.29) is 5.91 Å². The van der Waals surface area contributed by atoms with E-state index in [2.05, 4.69) is 17.6 Å². The molecule has 0 bridgehead atoms. The molecule has 0 aromatic rings. The third-order valence-corrected chi connectivity index (χ3v) is 9.22. The van der Waals surface area contributed by atoms with Crippen LogP contribution < -0.4 is 15.5 Å². The highest BCUT2D eigenvalue weighted by molar-refractivity contribution is 5.76. The molecule has 4 fully saturated rings. The first-order valence-corrected chi connectivity index (χ1v) is 13.0. The van der Waals surface area contributed by atoms with Gasteiger partial charge in [-0.2, -0.15) is 0 Å². The van der Waals surface area contributed by atoms with E-state index in [1.807, 2.05) is 11.9 Å². The predicted octanol–water partition coefficient (Wildman–Crippen LogP) is 2.92. The van der Waals surface area contributed by atoms with Gasteiger partial charge in [0.2, 0.25) is 5.91 Å². The van der Waals surface area contributed by atoms with Gasteiger partial charge in [0.1, 0.15) is 0 Å². The molecule has 7 unspecified atom stereocenters. The van der Waals surface area contributed by atoms with E-state index in [1.54, 1.807) is 0 Å². The summed E-state index contributed by atoms with van der Waals surface area (Å²) in [6, 6.07) is 2.22. The Bertz CT molecular complexity index is 532. The molecule has 7 atom stereocenters. The van der Waals surface area contributed by atoms with Crippen molar-refractivity contribution < 1.29 is 9.69 Å². The van der Waals surface area contributed by atoms with E-state index < -0.39 is 0 Å². The topological polar surface area (TPSA) is 45.6 Å². The number of carbonyl (C=O) groups is 1. The molecule has 0 spiro atoms. The van der Waals surface area contributed by atoms with E-state index in [0.29, 0.717) is 12.5 Å². The van der Waals surface area contributed by atoms with Crippen LogP contribution in [-0.2, 0) is 4.79 Å². The summed E-state index contributed by atoms with van der Waals surface area (Å²) in [6.45, 7) is 4.55. The smallest absolute Gasteiger partial charge is 0.221 e. The van der Waals surface area contributed by atoms with Gasteiger partial charge in [0, 0.05) is 36.8 Å². The Morgan fingerprint density at radius 2 is 1.66 bits per heavy atom. The predicted molar refractivity (Wildman–Crippen MR) is 119 cm³/mol. The van der Waals surface area contributed by atoms with Gasteiger partial charge in [-0.3, -0.25) is 4.79 Å². The second-order valence-corrected chi connectivity index (χ2v) is 10.7. The number of fused-ring (bicyclic) bond motifs is 3. The molecular formula is C25H46N3O+. The molecule has 4 rings (SSSR count). The Morgan fingerprint density at radius 1 is 0.897 bits per heavy atom. The third kappa shape index (κ3) is 4.69. The molecule has 3 N–H and O–H groups in total. The normalized spacial score (nSPS) is 40.7. The van der Waals surface area contributed by atoms with Gasteiger partial charge in [0.15, 0.2) is 0 Å². The summed E-state index contributed by atoms with van der Waals surface area (Å²) < 4.78 is 0. The van der Waals surface area contributed by atoms with Crippen LogP contribution in [0.5, 0.6) is 0 Å². The van der Waals surface area contributed by atoms with E-state index in [0.717, 1.165) is 42.3 Å². The van der Waals surface area contributed by atoms with E-state index >= 15 is 0 Å². The number of hydrogen-bond donors (Lipinski definition) is 3. The summed E-state index contributed by atoms with van der Waals surface area (Å²) >= 11 is 0. The molecule has 0 aromatic carbocycles. The first-order valence-electron chi connectivity index (χ1n) is 13.0. The highest BCUT2D eigenvalue weighted by atomic mass is 16.1. The second kappa shape index (κ2) is 10.1. The number of carbonyl (C=O) groups excluding carboxylic acids is 1. The van der Waals surface area contributed by atoms with Crippen molar-refractivity contribution in [1.82, 2.24) is 10.6 Å². The quantitative estimate of drug-likeness (QED) is 0.637. The minimum absolute atomic E-state index is 0.253. The number of piperidine rings is 1. The zero-order valence-corrected chi connectivity index (χ0v) is 19.1. The van der Waals surface area contributed by atoms with Crippen molar-refractivity contribution in [3.63, 3.8) is 0 Å². The molecule has 0 radical (unpaired) electrons. The van der Waals surface area contributed by atoms with Crippen molar-refractivity contribution in [2.45, 2.75) is 109 Å². The molecular weight excluding hydrogens is 358 g/mol. The Hall–Kier alpha value is -0.610. The average Bonchev–Trinajstić information content (AvgIpc) is 2.77. The zero-order valence-electron chi connectivity index (χ0n) is 19.1. The first kappa shape index (κ1) is 21.6. The summed E-state index contributed by atoms with van der Waals surface area (Å²) in [7, 11) is 1.93. The average molecular weight is 405 g/mol. The van der Waals surface area contributed by atoms with Crippen LogP contribution in [0, 0.1) is 23.7 Å². The van der Waals surface area contributed by atoms with Crippen LogP contribution in [0.2, 0.25) is 0 Å². The zero-order chi connectivity index (χ0) is 20.2. The van der Waals surface area contributed by atoms with Gasteiger partial charge in [0.25, 0.3) is 0 Å². The molecule has 3 aliphatic carbocycles. The van der Waals surface area contributed by atoms with E-state index in [4.69, 9.17) is 0 Å². The van der Waals surface area contributed by atoms with E-state index in [1.165, 1.54) is 83.6 Å². The minimum atomic E-state index is 0.253. The van der Waals surface area contributed by atoms with Gasteiger partial charge >= 0.3 is 0 Å². The number of amides is 1. The molecule has 1 heterocycles. The molecule has 166 valence electrons. The van der Waals surface area contributed by atoms with Crippen LogP contribution >= 0.6 is 0 Å². The third-order valence-electron chi connectivity index (χ3n) is 9.22. The first-order chi connectivity index (χ1) is 14.2. The maximum absolute atomic E-state index is 12.4. The molecule has 3 saturated carbocycles. The lowest BCUT2D eigenvalue weighted by molar-refractivity contribution is -0.969. The van der Waals surface area contributed by atoms with Crippen molar-refractivity contribution in [3.05, 3.63) is 0 Å². The molecule has 29 heavy (non-hydrogen) atoms. The number of nitrogens with one attached hydrogen (secondary N) is 3. The second-order valence-electron chi connectivity index (χ2n) is 10.7. The van der Waals surface area contributed by atoms with Crippen molar-refractivity contribution >= 4 is 5.91 Å². The molecule has 1 saturated heterocycles. The van der Waals surface area contributed by atoms with Crippen molar-refractivity contribution in [2.75, 3.05) is 20.1 Å². The fourth-order valence-electron chi connectivity index (χ4n) is 8.14. The summed E-state index contributed by atoms with van der Waals surface area (Å²) in [5.41, 5.74) is 0. The number of likely N-dealkylation sites (tertiary alicyclic amines) is 1. The summed E-state index contributed by atoms with van der Waals surface area (Å²) in [6.07, 6.45) is 17.6. The maximum Gasteiger partial charge on any atom is 0.221 e. The Balaban J connectivity index is 1.53. The van der Waals surface area contributed by atoms with Gasteiger partial charge in [-0.1, -0.05) is 25.7 Å². The Kier molecular flexibility index (Phi) is 7.55. The molecule has 4 nitrogen and oxygen atoms in total. The van der Waals surface area contributed by atoms with E-state index in [9.17, 15) is 4.79 Å². The van der Waals surface area contributed by atoms with Crippen LogP contribution in [0.3, 0.4) is 0 Å². The summed E-state index contributed by atoms with van der Waals surface area (Å²) in [5, 5.41) is 6.54. The van der Waals surface area contributed by atoms with Gasteiger partial charge in [0.05, 0.1) is 18.6 Å². The van der Waals surface area contributed by atoms with Gasteiger partial charge in [-0.25, -0.2) is 0 Å². The van der Waals surface area contributed by atoms with Crippen molar-refractivity contribution in [1.29, 1.82) is 0 Å². The molecule has 0 aromatic heterocycles. The van der Waals surface area contributed by atoms with Crippen LogP contribution in [0.1, 0.15) is 90.4 Å². The van der Waals surface area contributed by atoms with Crippen LogP contribution in [0.4, 0.5) is 0 Å². The van der Waals surface area contributed by atoms with Gasteiger partial charge in [-0.05, 0) is 71.3 Å². The minimum Gasteiger partial charge on any atom is -0.353 e. The number of quaternary nitrogens is 1. The van der Waals surface area contributed by atoms with Crippen LogP contribution in [0.15, 0.2) is 0 Å². The SMILES string of the molecule is CC[NH+]1C2CCCCC2C2CCC(NC(=O)CCNC)CC2C1C1CCCCC1. The van der Waals surface area contributed by atoms with Crippen molar-refractivity contribution in [3.8, 4) is 0 Å². The largest absolute Gasteiger partial charge is 0.353 e. The maximum atomic E-state index is 12.4. The highest BCUT2D eigenvalue weighted by Crippen LogP contribution is 2.47. The monoisotopic (exact) mass is 404 g/mol. The summed E-state index contributed by atoms with van der Waals surface area (Å²) in [5.74, 6) is 3.93. The van der Waals surface area contributed by atoms with Gasteiger partial charge < -0.3 is 15.5 Å². The molecule has 1 amide bonds. The lowest BCUT2D eigenvalue weighted by atomic mass is 9.57. The fourth-order valence-corrected chi connectivity index (χ4v) is 8.14. The number of hydrogen-bond acceptors (Lipinski definition) is 2. The molecule has 4 aliphatic rings. The van der Waals surface area contributed by atoms with Crippen LogP contribution in [0.25, 0.3) is 0 Å². The standard InChI is InChI=1S/C25H45N3O/c1-3-28-23-12-8-7-11-21(23)20-14-13-19(27-24(29)15-16-26-2)17-22(20)25(28)18-9-5-4-6-10-18/h18-23,25-26H,3-17H2,1-2H3,(H,27,29)/p+1. The molecule has 1 aliphatic heterocycles. The lowest BCUT2D eigenvalue weighted by Crippen LogP contribution is -3.23. The Labute approximate surface area is 178 Å². The highest BCUT2D eigenvalue weighted by Gasteiger charge is 2.55. The summed E-state index contributed by atoms with van der Waals surface area (Å²) in [4.78, 5) is 14.4. The molecule has 4 heteroatoms.